The fourth-order valence-corrected chi connectivity index (χ4v) is 4.42. The van der Waals surface area contributed by atoms with E-state index in [2.05, 4.69) is 12.1 Å². The molecular formula is C29H28O6. The number of hydrogen-bond donors (Lipinski definition) is 0. The van der Waals surface area contributed by atoms with Crippen molar-refractivity contribution >= 4 is 11.9 Å². The zero-order valence-corrected chi connectivity index (χ0v) is 19.9. The van der Waals surface area contributed by atoms with E-state index in [-0.39, 0.29) is 12.7 Å². The largest absolute Gasteiger partial charge is 0.459 e. The van der Waals surface area contributed by atoms with Crippen molar-refractivity contribution in [1.82, 2.24) is 0 Å². The zero-order chi connectivity index (χ0) is 24.4. The summed E-state index contributed by atoms with van der Waals surface area (Å²) in [7, 11) is 0. The van der Waals surface area contributed by atoms with Crippen molar-refractivity contribution in [2.75, 3.05) is 6.61 Å². The first-order valence-electron chi connectivity index (χ1n) is 11.8. The van der Waals surface area contributed by atoms with Crippen LogP contribution in [0.5, 0.6) is 0 Å². The van der Waals surface area contributed by atoms with Crippen LogP contribution in [0.3, 0.4) is 0 Å². The summed E-state index contributed by atoms with van der Waals surface area (Å²) in [5.74, 6) is -0.855. The van der Waals surface area contributed by atoms with Gasteiger partial charge in [0.15, 0.2) is 0 Å². The van der Waals surface area contributed by atoms with Gasteiger partial charge in [0.25, 0.3) is 0 Å². The van der Waals surface area contributed by atoms with Gasteiger partial charge in [0, 0.05) is 6.42 Å². The average molecular weight is 473 g/mol. The third-order valence-electron chi connectivity index (χ3n) is 6.53. The third-order valence-corrected chi connectivity index (χ3v) is 6.53. The summed E-state index contributed by atoms with van der Waals surface area (Å²) in [6.07, 6.45) is -0.929. The minimum atomic E-state index is -0.576. The van der Waals surface area contributed by atoms with Gasteiger partial charge in [-0.05, 0) is 54.8 Å². The predicted octanol–water partition coefficient (Wildman–Crippen LogP) is 5.25. The molecule has 3 aromatic carbocycles. The molecule has 5 rings (SSSR count). The molecule has 0 aromatic heterocycles. The molecule has 1 fully saturated rings. The Morgan fingerprint density at radius 3 is 2.14 bits per heavy atom. The summed E-state index contributed by atoms with van der Waals surface area (Å²) in [6.45, 7) is 5.11. The topological polar surface area (TPSA) is 71.1 Å². The van der Waals surface area contributed by atoms with Crippen molar-refractivity contribution in [1.29, 1.82) is 0 Å². The molecule has 180 valence electrons. The van der Waals surface area contributed by atoms with Crippen LogP contribution in [0.4, 0.5) is 0 Å². The van der Waals surface area contributed by atoms with E-state index in [0.717, 1.165) is 22.3 Å². The normalized spacial score (nSPS) is 20.9. The second-order valence-electron chi connectivity index (χ2n) is 9.19. The maximum atomic E-state index is 12.8. The Kier molecular flexibility index (Phi) is 6.66. The summed E-state index contributed by atoms with van der Waals surface area (Å²) >= 11 is 0. The molecular weight excluding hydrogens is 444 g/mol. The van der Waals surface area contributed by atoms with Gasteiger partial charge in [0.05, 0.1) is 30.4 Å². The van der Waals surface area contributed by atoms with Gasteiger partial charge in [0.2, 0.25) is 0 Å². The molecule has 0 N–H and O–H groups in total. The number of fused-ring (bicyclic) bond motifs is 1. The van der Waals surface area contributed by atoms with Crippen molar-refractivity contribution in [2.24, 2.45) is 0 Å². The molecule has 0 saturated carbocycles. The molecule has 3 aromatic rings. The van der Waals surface area contributed by atoms with Crippen molar-refractivity contribution in [3.05, 3.63) is 106 Å². The minimum absolute atomic E-state index is 0.0108. The molecule has 0 unspecified atom stereocenters. The highest BCUT2D eigenvalue weighted by Crippen LogP contribution is 2.37. The molecule has 0 aliphatic carbocycles. The maximum absolute atomic E-state index is 12.8. The quantitative estimate of drug-likeness (QED) is 0.457. The Bertz CT molecular complexity index is 1210. The van der Waals surface area contributed by atoms with Gasteiger partial charge in [-0.1, -0.05) is 53.6 Å². The Balaban J connectivity index is 1.31. The van der Waals surface area contributed by atoms with Crippen LogP contribution >= 0.6 is 0 Å². The van der Waals surface area contributed by atoms with E-state index >= 15 is 0 Å². The summed E-state index contributed by atoms with van der Waals surface area (Å²) in [5, 5.41) is 0. The van der Waals surface area contributed by atoms with Crippen molar-refractivity contribution < 1.29 is 28.5 Å². The Hall–Kier alpha value is -3.48. The number of carbonyl (C=O) groups excluding carboxylic acids is 2. The van der Waals surface area contributed by atoms with E-state index in [0.29, 0.717) is 30.8 Å². The van der Waals surface area contributed by atoms with E-state index in [1.54, 1.807) is 24.3 Å². The SMILES string of the molecule is Cc1ccc(C(=O)OC[C@H]2O[C@@H](c3ccc4c(c3)COC4)C[C@@H]2OC(=O)c2ccc(C)cc2)cc1. The summed E-state index contributed by atoms with van der Waals surface area (Å²) in [6, 6.07) is 20.6. The molecule has 35 heavy (non-hydrogen) atoms. The number of benzene rings is 3. The van der Waals surface area contributed by atoms with Gasteiger partial charge in [-0.15, -0.1) is 0 Å². The van der Waals surface area contributed by atoms with Crippen LogP contribution in [0.15, 0.2) is 66.7 Å². The van der Waals surface area contributed by atoms with Crippen LogP contribution in [0.1, 0.15) is 61.1 Å². The van der Waals surface area contributed by atoms with E-state index in [4.69, 9.17) is 18.9 Å². The highest BCUT2D eigenvalue weighted by molar-refractivity contribution is 5.90. The average Bonchev–Trinajstić information content (AvgIpc) is 3.49. The van der Waals surface area contributed by atoms with E-state index < -0.39 is 24.1 Å². The lowest BCUT2D eigenvalue weighted by Gasteiger charge is -2.19. The summed E-state index contributed by atoms with van der Waals surface area (Å²) < 4.78 is 23.3. The van der Waals surface area contributed by atoms with Crippen molar-refractivity contribution in [3.63, 3.8) is 0 Å². The molecule has 0 amide bonds. The van der Waals surface area contributed by atoms with Crippen LogP contribution in [-0.2, 0) is 32.2 Å². The smallest absolute Gasteiger partial charge is 0.338 e. The van der Waals surface area contributed by atoms with Crippen LogP contribution in [-0.4, -0.2) is 30.8 Å². The molecule has 6 heteroatoms. The molecule has 0 bridgehead atoms. The lowest BCUT2D eigenvalue weighted by Crippen LogP contribution is -2.32. The maximum Gasteiger partial charge on any atom is 0.338 e. The van der Waals surface area contributed by atoms with Gasteiger partial charge in [-0.3, -0.25) is 0 Å². The second kappa shape index (κ2) is 10.0. The first-order valence-corrected chi connectivity index (χ1v) is 11.8. The summed E-state index contributed by atoms with van der Waals surface area (Å²) in [4.78, 5) is 25.4. The van der Waals surface area contributed by atoms with Crippen LogP contribution in [0.2, 0.25) is 0 Å². The number of ether oxygens (including phenoxy) is 4. The Labute approximate surface area is 204 Å². The molecule has 2 aliphatic rings. The molecule has 0 spiro atoms. The molecule has 0 radical (unpaired) electrons. The lowest BCUT2D eigenvalue weighted by molar-refractivity contribution is -0.0427. The monoisotopic (exact) mass is 472 g/mol. The minimum Gasteiger partial charge on any atom is -0.459 e. The van der Waals surface area contributed by atoms with Gasteiger partial charge in [-0.25, -0.2) is 9.59 Å². The number of carbonyl (C=O) groups is 2. The van der Waals surface area contributed by atoms with Gasteiger partial charge < -0.3 is 18.9 Å². The van der Waals surface area contributed by atoms with Gasteiger partial charge in [0.1, 0.15) is 18.8 Å². The van der Waals surface area contributed by atoms with Crippen LogP contribution in [0, 0.1) is 13.8 Å². The number of rotatable bonds is 6. The second-order valence-corrected chi connectivity index (χ2v) is 9.19. The Morgan fingerprint density at radius 2 is 1.46 bits per heavy atom. The molecule has 3 atom stereocenters. The standard InChI is InChI=1S/C29H28O6/c1-18-3-7-20(8-4-18)28(30)33-17-27-26(35-29(31)21-9-5-19(2)6-10-21)14-25(34-27)22-11-12-23-15-32-16-24(23)13-22/h3-13,25-27H,14-17H2,1-2H3/t25-,26+,27-/m1/s1. The first kappa shape index (κ1) is 23.3. The van der Waals surface area contributed by atoms with E-state index in [1.165, 1.54) is 5.56 Å². The Morgan fingerprint density at radius 1 is 0.829 bits per heavy atom. The number of aryl methyl sites for hydroxylation is 2. The molecule has 2 aliphatic heterocycles. The van der Waals surface area contributed by atoms with Crippen LogP contribution < -0.4 is 0 Å². The highest BCUT2D eigenvalue weighted by Gasteiger charge is 2.40. The highest BCUT2D eigenvalue weighted by atomic mass is 16.6. The fourth-order valence-electron chi connectivity index (χ4n) is 4.42. The van der Waals surface area contributed by atoms with Gasteiger partial charge >= 0.3 is 11.9 Å². The first-order chi connectivity index (χ1) is 17.0. The zero-order valence-electron chi connectivity index (χ0n) is 19.9. The fraction of sp³-hybridized carbons (Fsp3) is 0.310. The van der Waals surface area contributed by atoms with E-state index in [9.17, 15) is 9.59 Å². The molecule has 2 heterocycles. The number of hydrogen-bond acceptors (Lipinski definition) is 6. The van der Waals surface area contributed by atoms with Crippen molar-refractivity contribution in [2.45, 2.75) is 51.8 Å². The summed E-state index contributed by atoms with van der Waals surface area (Å²) in [5.41, 5.74) is 6.39. The number of esters is 2. The van der Waals surface area contributed by atoms with Crippen LogP contribution in [0.25, 0.3) is 0 Å². The lowest BCUT2D eigenvalue weighted by atomic mass is 10.00. The molecule has 1 saturated heterocycles. The van der Waals surface area contributed by atoms with E-state index in [1.807, 2.05) is 44.2 Å². The van der Waals surface area contributed by atoms with Crippen molar-refractivity contribution in [3.8, 4) is 0 Å². The third kappa shape index (κ3) is 5.29. The predicted molar refractivity (Wildman–Crippen MR) is 129 cm³/mol. The van der Waals surface area contributed by atoms with Gasteiger partial charge in [-0.2, -0.15) is 0 Å². The molecule has 6 nitrogen and oxygen atoms in total.